The lowest BCUT2D eigenvalue weighted by Gasteiger charge is -2.36. The van der Waals surface area contributed by atoms with Gasteiger partial charge in [0.15, 0.2) is 0 Å². The number of hydrogen-bond donors (Lipinski definition) is 2. The number of anilines is 1. The first-order valence-electron chi connectivity index (χ1n) is 6.92. The van der Waals surface area contributed by atoms with Crippen LogP contribution >= 0.6 is 0 Å². The Kier molecular flexibility index (Phi) is 3.04. The van der Waals surface area contributed by atoms with E-state index < -0.39 is 5.60 Å². The molecule has 18 heavy (non-hydrogen) atoms. The maximum atomic E-state index is 10.0. The minimum atomic E-state index is -0.420. The van der Waals surface area contributed by atoms with Crippen molar-refractivity contribution < 1.29 is 5.11 Å². The molecule has 1 aromatic carbocycles. The minimum absolute atomic E-state index is 0.420. The fourth-order valence-corrected chi connectivity index (χ4v) is 2.93. The van der Waals surface area contributed by atoms with Crippen molar-refractivity contribution in [3.63, 3.8) is 0 Å². The number of fused-ring (bicyclic) bond motifs is 1. The summed E-state index contributed by atoms with van der Waals surface area (Å²) in [5.74, 6) is 0. The van der Waals surface area contributed by atoms with Gasteiger partial charge in [0.2, 0.25) is 0 Å². The second-order valence-corrected chi connectivity index (χ2v) is 5.82. The molecule has 1 aliphatic carbocycles. The van der Waals surface area contributed by atoms with Crippen LogP contribution in [0.5, 0.6) is 0 Å². The number of likely N-dealkylation sites (N-methyl/N-ethyl adjacent to an activating group) is 1. The van der Waals surface area contributed by atoms with E-state index in [2.05, 4.69) is 35.5 Å². The van der Waals surface area contributed by atoms with Crippen molar-refractivity contribution in [3.05, 3.63) is 29.3 Å². The molecular weight excluding hydrogens is 224 g/mol. The zero-order chi connectivity index (χ0) is 12.6. The fraction of sp³-hybridized carbons (Fsp3) is 0.600. The van der Waals surface area contributed by atoms with Gasteiger partial charge >= 0.3 is 0 Å². The summed E-state index contributed by atoms with van der Waals surface area (Å²) in [7, 11) is 2.15. The second-order valence-electron chi connectivity index (χ2n) is 5.82. The average Bonchev–Trinajstić information content (AvgIpc) is 2.69. The first-order chi connectivity index (χ1) is 8.66. The summed E-state index contributed by atoms with van der Waals surface area (Å²) in [4.78, 5) is 2.31. The Morgan fingerprint density at radius 1 is 1.39 bits per heavy atom. The molecule has 1 heterocycles. The molecule has 0 atom stereocenters. The highest BCUT2D eigenvalue weighted by Crippen LogP contribution is 2.31. The second kappa shape index (κ2) is 4.56. The molecule has 3 rings (SSSR count). The lowest BCUT2D eigenvalue weighted by molar-refractivity contribution is -0.0314. The summed E-state index contributed by atoms with van der Waals surface area (Å²) in [5.41, 5.74) is 3.74. The Balaban J connectivity index is 1.57. The monoisotopic (exact) mass is 246 g/mol. The third kappa shape index (κ3) is 2.25. The van der Waals surface area contributed by atoms with Crippen LogP contribution in [-0.2, 0) is 13.0 Å². The van der Waals surface area contributed by atoms with Gasteiger partial charge in [-0.3, -0.25) is 0 Å². The summed E-state index contributed by atoms with van der Waals surface area (Å²) >= 11 is 0. The van der Waals surface area contributed by atoms with Crippen LogP contribution in [0.25, 0.3) is 0 Å². The SMILES string of the molecule is CN1CCc2cc(CNCC3(O)CCC3)ccc21. The van der Waals surface area contributed by atoms with Crippen molar-refractivity contribution in [3.8, 4) is 0 Å². The van der Waals surface area contributed by atoms with Crippen LogP contribution in [0.1, 0.15) is 30.4 Å². The van der Waals surface area contributed by atoms with Crippen molar-refractivity contribution >= 4 is 5.69 Å². The van der Waals surface area contributed by atoms with Crippen LogP contribution in [0.15, 0.2) is 18.2 Å². The molecule has 98 valence electrons. The van der Waals surface area contributed by atoms with Crippen molar-refractivity contribution in [2.45, 2.75) is 37.8 Å². The lowest BCUT2D eigenvalue weighted by Crippen LogP contribution is -2.45. The number of nitrogens with one attached hydrogen (secondary N) is 1. The molecule has 1 saturated carbocycles. The number of benzene rings is 1. The number of nitrogens with zero attached hydrogens (tertiary/aromatic N) is 1. The number of aliphatic hydroxyl groups is 1. The zero-order valence-electron chi connectivity index (χ0n) is 11.1. The summed E-state index contributed by atoms with van der Waals surface area (Å²) < 4.78 is 0. The molecule has 0 bridgehead atoms. The summed E-state index contributed by atoms with van der Waals surface area (Å²) in [6.45, 7) is 2.72. The van der Waals surface area contributed by atoms with Gasteiger partial charge in [-0.05, 0) is 42.9 Å². The van der Waals surface area contributed by atoms with Gasteiger partial charge in [0.25, 0.3) is 0 Å². The summed E-state index contributed by atoms with van der Waals surface area (Å²) in [5, 5.41) is 13.4. The molecule has 0 saturated heterocycles. The van der Waals surface area contributed by atoms with Crippen LogP contribution in [0.4, 0.5) is 5.69 Å². The van der Waals surface area contributed by atoms with Crippen LogP contribution in [-0.4, -0.2) is 30.8 Å². The van der Waals surface area contributed by atoms with Crippen LogP contribution in [0.3, 0.4) is 0 Å². The molecule has 3 nitrogen and oxygen atoms in total. The lowest BCUT2D eigenvalue weighted by atomic mass is 9.80. The van der Waals surface area contributed by atoms with Gasteiger partial charge in [0, 0.05) is 32.4 Å². The quantitative estimate of drug-likeness (QED) is 0.848. The molecule has 1 fully saturated rings. The van der Waals surface area contributed by atoms with E-state index in [-0.39, 0.29) is 0 Å². The highest BCUT2D eigenvalue weighted by atomic mass is 16.3. The molecule has 0 spiro atoms. The maximum absolute atomic E-state index is 10.0. The van der Waals surface area contributed by atoms with Gasteiger partial charge in [-0.1, -0.05) is 12.1 Å². The first kappa shape index (κ1) is 12.0. The molecule has 2 aliphatic rings. The molecule has 1 aromatic rings. The normalized spacial score (nSPS) is 20.7. The Labute approximate surface area is 109 Å². The van der Waals surface area contributed by atoms with Crippen molar-refractivity contribution in [1.82, 2.24) is 5.32 Å². The molecule has 3 heteroatoms. The average molecular weight is 246 g/mol. The first-order valence-corrected chi connectivity index (χ1v) is 6.92. The maximum Gasteiger partial charge on any atom is 0.0771 e. The van der Waals surface area contributed by atoms with Gasteiger partial charge in [-0.25, -0.2) is 0 Å². The molecule has 0 radical (unpaired) electrons. The third-order valence-electron chi connectivity index (χ3n) is 4.34. The Morgan fingerprint density at radius 2 is 2.22 bits per heavy atom. The summed E-state index contributed by atoms with van der Waals surface area (Å²) in [6, 6.07) is 6.71. The van der Waals surface area contributed by atoms with E-state index in [0.29, 0.717) is 0 Å². The minimum Gasteiger partial charge on any atom is -0.389 e. The Morgan fingerprint density at radius 3 is 2.94 bits per heavy atom. The van der Waals surface area contributed by atoms with E-state index in [1.807, 2.05) is 0 Å². The van der Waals surface area contributed by atoms with Crippen LogP contribution < -0.4 is 10.2 Å². The van der Waals surface area contributed by atoms with E-state index >= 15 is 0 Å². The molecule has 0 aromatic heterocycles. The largest absolute Gasteiger partial charge is 0.389 e. The Hall–Kier alpha value is -1.06. The zero-order valence-corrected chi connectivity index (χ0v) is 11.1. The van der Waals surface area contributed by atoms with E-state index in [1.54, 1.807) is 0 Å². The van der Waals surface area contributed by atoms with Gasteiger partial charge in [-0.2, -0.15) is 0 Å². The van der Waals surface area contributed by atoms with Crippen LogP contribution in [0, 0.1) is 0 Å². The predicted molar refractivity (Wildman–Crippen MR) is 73.9 cm³/mol. The fourth-order valence-electron chi connectivity index (χ4n) is 2.93. The van der Waals surface area contributed by atoms with Gasteiger partial charge in [-0.15, -0.1) is 0 Å². The Bertz CT molecular complexity index is 440. The third-order valence-corrected chi connectivity index (χ3v) is 4.34. The van der Waals surface area contributed by atoms with Crippen molar-refractivity contribution in [1.29, 1.82) is 0 Å². The molecule has 0 amide bonds. The van der Waals surface area contributed by atoms with Crippen LogP contribution in [0.2, 0.25) is 0 Å². The smallest absolute Gasteiger partial charge is 0.0771 e. The van der Waals surface area contributed by atoms with Crippen molar-refractivity contribution in [2.24, 2.45) is 0 Å². The highest BCUT2D eigenvalue weighted by Gasteiger charge is 2.33. The van der Waals surface area contributed by atoms with E-state index in [4.69, 9.17) is 0 Å². The molecule has 2 N–H and O–H groups in total. The standard InChI is InChI=1S/C15H22N2O/c1-17-8-5-13-9-12(3-4-14(13)17)10-16-11-15(18)6-2-7-15/h3-4,9,16,18H,2,5-8,10-11H2,1H3. The van der Waals surface area contributed by atoms with E-state index in [1.165, 1.54) is 23.2 Å². The van der Waals surface area contributed by atoms with E-state index in [9.17, 15) is 5.11 Å². The topological polar surface area (TPSA) is 35.5 Å². The van der Waals surface area contributed by atoms with Gasteiger partial charge < -0.3 is 15.3 Å². The molecule has 0 unspecified atom stereocenters. The number of rotatable bonds is 4. The van der Waals surface area contributed by atoms with Crippen molar-refractivity contribution in [2.75, 3.05) is 25.0 Å². The molecule has 1 aliphatic heterocycles. The molecular formula is C15H22N2O. The summed E-state index contributed by atoms with van der Waals surface area (Å²) in [6.07, 6.45) is 4.23. The van der Waals surface area contributed by atoms with E-state index in [0.717, 1.165) is 38.9 Å². The van der Waals surface area contributed by atoms with Gasteiger partial charge in [0.1, 0.15) is 0 Å². The van der Waals surface area contributed by atoms with Gasteiger partial charge in [0.05, 0.1) is 5.60 Å². The highest BCUT2D eigenvalue weighted by molar-refractivity contribution is 5.58. The number of hydrogen-bond acceptors (Lipinski definition) is 3. The predicted octanol–water partition coefficient (Wildman–Crippen LogP) is 1.68.